The fourth-order valence-corrected chi connectivity index (χ4v) is 1.63. The van der Waals surface area contributed by atoms with Crippen LogP contribution in [-0.2, 0) is 6.42 Å². The van der Waals surface area contributed by atoms with Crippen LogP contribution in [0.2, 0.25) is 0 Å². The lowest BCUT2D eigenvalue weighted by Crippen LogP contribution is -2.16. The van der Waals surface area contributed by atoms with Crippen LogP contribution in [0.1, 0.15) is 18.9 Å². The summed E-state index contributed by atoms with van der Waals surface area (Å²) >= 11 is 0. The Kier molecular flexibility index (Phi) is 4.09. The minimum atomic E-state index is 0. The minimum Gasteiger partial charge on any atom is -0.486 e. The van der Waals surface area contributed by atoms with E-state index in [9.17, 15) is 0 Å². The number of nitrogens with two attached hydrogens (primary N) is 1. The van der Waals surface area contributed by atoms with E-state index >= 15 is 0 Å². The lowest BCUT2D eigenvalue weighted by molar-refractivity contribution is 0.171. The van der Waals surface area contributed by atoms with Gasteiger partial charge < -0.3 is 15.2 Å². The molecule has 0 radical (unpaired) electrons. The van der Waals surface area contributed by atoms with Gasteiger partial charge in [-0.15, -0.1) is 12.4 Å². The molecule has 0 amide bonds. The molecule has 1 heterocycles. The number of rotatable bonds is 2. The molecule has 0 bridgehead atoms. The highest BCUT2D eigenvalue weighted by Gasteiger charge is 2.13. The zero-order valence-electron chi connectivity index (χ0n) is 8.79. The number of nitrogen functional groups attached to an aromatic ring is 1. The normalized spacial score (nSPS) is 13.1. The number of hydrogen-bond donors (Lipinski definition) is 1. The molecule has 0 saturated heterocycles. The van der Waals surface area contributed by atoms with Crippen LogP contribution in [0, 0.1) is 0 Å². The Labute approximate surface area is 96.0 Å². The summed E-state index contributed by atoms with van der Waals surface area (Å²) in [6.07, 6.45) is 2.08. The van der Waals surface area contributed by atoms with E-state index < -0.39 is 0 Å². The van der Waals surface area contributed by atoms with Gasteiger partial charge in [-0.05, 0) is 18.1 Å². The summed E-state index contributed by atoms with van der Waals surface area (Å²) in [7, 11) is 0. The van der Waals surface area contributed by atoms with Crippen molar-refractivity contribution in [3.8, 4) is 11.5 Å². The molecular weight excluding hydrogens is 214 g/mol. The molecule has 3 nitrogen and oxygen atoms in total. The molecule has 0 spiro atoms. The first kappa shape index (κ1) is 12.0. The third-order valence-electron chi connectivity index (χ3n) is 2.32. The van der Waals surface area contributed by atoms with Gasteiger partial charge in [0, 0.05) is 11.8 Å². The van der Waals surface area contributed by atoms with E-state index in [-0.39, 0.29) is 12.4 Å². The Balaban J connectivity index is 0.00000112. The summed E-state index contributed by atoms with van der Waals surface area (Å²) in [6.45, 7) is 3.37. The zero-order valence-corrected chi connectivity index (χ0v) is 9.60. The van der Waals surface area contributed by atoms with Gasteiger partial charge in [0.25, 0.3) is 0 Å². The van der Waals surface area contributed by atoms with Gasteiger partial charge in [-0.2, -0.15) is 0 Å². The fraction of sp³-hybridized carbons (Fsp3) is 0.455. The quantitative estimate of drug-likeness (QED) is 0.793. The van der Waals surface area contributed by atoms with Crippen molar-refractivity contribution in [2.45, 2.75) is 19.8 Å². The molecule has 1 aromatic carbocycles. The smallest absolute Gasteiger partial charge is 0.163 e. The molecule has 1 aliphatic heterocycles. The zero-order chi connectivity index (χ0) is 9.97. The van der Waals surface area contributed by atoms with Crippen molar-refractivity contribution in [2.75, 3.05) is 18.9 Å². The van der Waals surface area contributed by atoms with Crippen molar-refractivity contribution in [1.82, 2.24) is 0 Å². The average molecular weight is 230 g/mol. The molecule has 2 rings (SSSR count). The molecule has 1 aliphatic rings. The maximum Gasteiger partial charge on any atom is 0.163 e. The highest BCUT2D eigenvalue weighted by Crippen LogP contribution is 2.34. The summed E-state index contributed by atoms with van der Waals surface area (Å²) in [6, 6.07) is 3.85. The van der Waals surface area contributed by atoms with Crippen molar-refractivity contribution in [3.63, 3.8) is 0 Å². The third kappa shape index (κ3) is 2.48. The van der Waals surface area contributed by atoms with Crippen LogP contribution in [-0.4, -0.2) is 13.2 Å². The van der Waals surface area contributed by atoms with Crippen molar-refractivity contribution >= 4 is 18.1 Å². The second kappa shape index (κ2) is 5.12. The Bertz CT molecular complexity index is 342. The van der Waals surface area contributed by atoms with Gasteiger partial charge in [-0.1, -0.05) is 13.3 Å². The standard InChI is InChI=1S/C11H15NO2.ClH/c1-2-3-8-6-10-11(7-9(8)12)14-5-4-13-10;/h6-7H,2-5,12H2,1H3;1H. The molecular formula is C11H16ClNO2. The van der Waals surface area contributed by atoms with Crippen LogP contribution in [0.25, 0.3) is 0 Å². The van der Waals surface area contributed by atoms with Crippen LogP contribution >= 0.6 is 12.4 Å². The summed E-state index contributed by atoms with van der Waals surface area (Å²) < 4.78 is 10.9. The van der Waals surface area contributed by atoms with E-state index in [1.54, 1.807) is 0 Å². The summed E-state index contributed by atoms with van der Waals surface area (Å²) in [5.41, 5.74) is 7.85. The van der Waals surface area contributed by atoms with Gasteiger partial charge in [0.2, 0.25) is 0 Å². The molecule has 0 saturated carbocycles. The molecule has 15 heavy (non-hydrogen) atoms. The highest BCUT2D eigenvalue weighted by atomic mass is 35.5. The fourth-order valence-electron chi connectivity index (χ4n) is 1.63. The van der Waals surface area contributed by atoms with E-state index in [4.69, 9.17) is 15.2 Å². The summed E-state index contributed by atoms with van der Waals surface area (Å²) in [5, 5.41) is 0. The second-order valence-electron chi connectivity index (χ2n) is 3.44. The van der Waals surface area contributed by atoms with Crippen molar-refractivity contribution in [2.24, 2.45) is 0 Å². The van der Waals surface area contributed by atoms with Gasteiger partial charge in [0.1, 0.15) is 13.2 Å². The van der Waals surface area contributed by atoms with Gasteiger partial charge in [0.15, 0.2) is 11.5 Å². The Morgan fingerprint density at radius 3 is 2.40 bits per heavy atom. The van der Waals surface area contributed by atoms with E-state index in [2.05, 4.69) is 6.92 Å². The van der Waals surface area contributed by atoms with Gasteiger partial charge in [-0.3, -0.25) is 0 Å². The van der Waals surface area contributed by atoms with Crippen molar-refractivity contribution in [3.05, 3.63) is 17.7 Å². The number of anilines is 1. The number of aryl methyl sites for hydroxylation is 1. The first-order valence-corrected chi connectivity index (χ1v) is 4.99. The SMILES string of the molecule is CCCc1cc2c(cc1N)OCCO2.Cl. The first-order valence-electron chi connectivity index (χ1n) is 4.99. The predicted molar refractivity (Wildman–Crippen MR) is 63.1 cm³/mol. The third-order valence-corrected chi connectivity index (χ3v) is 2.32. The van der Waals surface area contributed by atoms with Gasteiger partial charge >= 0.3 is 0 Å². The van der Waals surface area contributed by atoms with Gasteiger partial charge in [-0.25, -0.2) is 0 Å². The Morgan fingerprint density at radius 1 is 1.20 bits per heavy atom. The van der Waals surface area contributed by atoms with E-state index in [1.165, 1.54) is 0 Å². The molecule has 2 N–H and O–H groups in total. The van der Waals surface area contributed by atoms with Crippen molar-refractivity contribution < 1.29 is 9.47 Å². The van der Waals surface area contributed by atoms with Crippen LogP contribution in [0.5, 0.6) is 11.5 Å². The van der Waals surface area contributed by atoms with Crippen LogP contribution in [0.3, 0.4) is 0 Å². The summed E-state index contributed by atoms with van der Waals surface area (Å²) in [4.78, 5) is 0. The lowest BCUT2D eigenvalue weighted by Gasteiger charge is -2.20. The maximum absolute atomic E-state index is 5.90. The Morgan fingerprint density at radius 2 is 1.80 bits per heavy atom. The average Bonchev–Trinajstić information content (AvgIpc) is 2.19. The van der Waals surface area contributed by atoms with E-state index in [1.807, 2.05) is 12.1 Å². The van der Waals surface area contributed by atoms with Gasteiger partial charge in [0.05, 0.1) is 0 Å². The molecule has 1 aromatic rings. The molecule has 4 heteroatoms. The molecule has 84 valence electrons. The second-order valence-corrected chi connectivity index (χ2v) is 3.44. The molecule has 0 aromatic heterocycles. The van der Waals surface area contributed by atoms with Crippen molar-refractivity contribution in [1.29, 1.82) is 0 Å². The number of benzene rings is 1. The minimum absolute atomic E-state index is 0. The van der Waals surface area contributed by atoms with Crippen LogP contribution in [0.4, 0.5) is 5.69 Å². The van der Waals surface area contributed by atoms with Crippen LogP contribution < -0.4 is 15.2 Å². The summed E-state index contributed by atoms with van der Waals surface area (Å²) in [5.74, 6) is 1.60. The maximum atomic E-state index is 5.90. The largest absolute Gasteiger partial charge is 0.486 e. The predicted octanol–water partition coefficient (Wildman–Crippen LogP) is 2.41. The monoisotopic (exact) mass is 229 g/mol. The van der Waals surface area contributed by atoms with E-state index in [0.717, 1.165) is 35.6 Å². The number of ether oxygens (including phenoxy) is 2. The number of halogens is 1. The topological polar surface area (TPSA) is 44.5 Å². The number of hydrogen-bond acceptors (Lipinski definition) is 3. The molecule has 0 unspecified atom stereocenters. The highest BCUT2D eigenvalue weighted by molar-refractivity contribution is 5.85. The van der Waals surface area contributed by atoms with Crippen LogP contribution in [0.15, 0.2) is 12.1 Å². The van der Waals surface area contributed by atoms with E-state index in [0.29, 0.717) is 13.2 Å². The Hall–Kier alpha value is -1.09. The molecule has 0 aliphatic carbocycles. The molecule has 0 fully saturated rings. The molecule has 0 atom stereocenters. The lowest BCUT2D eigenvalue weighted by atomic mass is 10.1. The number of fused-ring (bicyclic) bond motifs is 1. The first-order chi connectivity index (χ1) is 6.81.